The van der Waals surface area contributed by atoms with E-state index in [2.05, 4.69) is 0 Å². The minimum atomic E-state index is -1.41. The van der Waals surface area contributed by atoms with E-state index in [1.807, 2.05) is 19.9 Å². The molecule has 0 aliphatic heterocycles. The fraction of sp³-hybridized carbons (Fsp3) is 0.364. The predicted molar refractivity (Wildman–Crippen MR) is 50.8 cm³/mol. The molecule has 2 heteroatoms. The Hall–Kier alpha value is -1.18. The number of rotatable bonds is 2. The van der Waals surface area contributed by atoms with Crippen molar-refractivity contribution in [2.24, 2.45) is 0 Å². The number of hydrogen-bond acceptors (Lipinski definition) is 1. The average molecular weight is 180 g/mol. The highest BCUT2D eigenvalue weighted by Crippen LogP contribution is 2.12. The van der Waals surface area contributed by atoms with Gasteiger partial charge in [-0.1, -0.05) is 12.1 Å². The summed E-state index contributed by atoms with van der Waals surface area (Å²) in [6.45, 7) is 5.13. The lowest BCUT2D eigenvalue weighted by atomic mass is 10.0. The minimum absolute atomic E-state index is 0.442. The number of alkyl halides is 1. The molecule has 1 unspecified atom stereocenters. The number of carbonyl (C=O) groups excluding carboxylic acids is 1. The van der Waals surface area contributed by atoms with Crippen molar-refractivity contribution in [3.8, 4) is 0 Å². The SMILES string of the molecule is Cc1ccc(C(=O)C(C)F)cc1C. The third-order valence-electron chi connectivity index (χ3n) is 2.15. The standard InChI is InChI=1S/C11H13FO/c1-7-4-5-10(6-8(7)2)11(13)9(3)12/h4-6,9H,1-3H3. The molecule has 1 rings (SSSR count). The molecule has 0 spiro atoms. The van der Waals surface area contributed by atoms with Gasteiger partial charge in [-0.2, -0.15) is 0 Å². The van der Waals surface area contributed by atoms with Gasteiger partial charge in [0.15, 0.2) is 12.0 Å². The maximum atomic E-state index is 12.7. The van der Waals surface area contributed by atoms with Gasteiger partial charge in [0.05, 0.1) is 0 Å². The van der Waals surface area contributed by atoms with E-state index < -0.39 is 12.0 Å². The summed E-state index contributed by atoms with van der Waals surface area (Å²) < 4.78 is 12.7. The molecular formula is C11H13FO. The number of carbonyl (C=O) groups is 1. The molecule has 0 aromatic heterocycles. The van der Waals surface area contributed by atoms with Crippen LogP contribution in [-0.2, 0) is 0 Å². The van der Waals surface area contributed by atoms with Crippen LogP contribution < -0.4 is 0 Å². The monoisotopic (exact) mass is 180 g/mol. The van der Waals surface area contributed by atoms with Crippen LogP contribution in [0, 0.1) is 13.8 Å². The van der Waals surface area contributed by atoms with E-state index in [1.54, 1.807) is 12.1 Å². The predicted octanol–water partition coefficient (Wildman–Crippen LogP) is 2.84. The molecule has 0 N–H and O–H groups in total. The van der Waals surface area contributed by atoms with Gasteiger partial charge in [-0.05, 0) is 38.0 Å². The molecule has 1 aromatic carbocycles. The molecule has 0 aliphatic rings. The first-order valence-electron chi connectivity index (χ1n) is 4.28. The van der Waals surface area contributed by atoms with Crippen LogP contribution >= 0.6 is 0 Å². The number of benzene rings is 1. The zero-order valence-corrected chi connectivity index (χ0v) is 8.10. The van der Waals surface area contributed by atoms with Gasteiger partial charge in [-0.3, -0.25) is 4.79 Å². The first-order valence-corrected chi connectivity index (χ1v) is 4.28. The number of halogens is 1. The molecule has 0 radical (unpaired) electrons. The highest BCUT2D eigenvalue weighted by atomic mass is 19.1. The Balaban J connectivity index is 3.04. The summed E-state index contributed by atoms with van der Waals surface area (Å²) in [5.41, 5.74) is 2.59. The van der Waals surface area contributed by atoms with Crippen LogP contribution in [0.5, 0.6) is 0 Å². The van der Waals surface area contributed by atoms with Gasteiger partial charge in [-0.15, -0.1) is 0 Å². The lowest BCUT2D eigenvalue weighted by Crippen LogP contribution is -2.11. The molecule has 0 bridgehead atoms. The molecule has 0 saturated carbocycles. The van der Waals surface area contributed by atoms with Crippen molar-refractivity contribution in [3.05, 3.63) is 34.9 Å². The first-order chi connectivity index (χ1) is 6.02. The molecule has 13 heavy (non-hydrogen) atoms. The van der Waals surface area contributed by atoms with Crippen LogP contribution in [0.1, 0.15) is 28.4 Å². The lowest BCUT2D eigenvalue weighted by molar-refractivity contribution is 0.0893. The van der Waals surface area contributed by atoms with Crippen molar-refractivity contribution in [2.75, 3.05) is 0 Å². The quantitative estimate of drug-likeness (QED) is 0.639. The molecule has 0 saturated heterocycles. The largest absolute Gasteiger partial charge is 0.291 e. The fourth-order valence-electron chi connectivity index (χ4n) is 1.12. The molecule has 1 nitrogen and oxygen atoms in total. The summed E-state index contributed by atoms with van der Waals surface area (Å²) in [4.78, 5) is 11.2. The summed E-state index contributed by atoms with van der Waals surface area (Å²) in [5, 5.41) is 0. The average Bonchev–Trinajstić information content (AvgIpc) is 2.08. The Morgan fingerprint density at radius 2 is 1.92 bits per heavy atom. The molecule has 1 atom stereocenters. The molecule has 0 fully saturated rings. The first kappa shape index (κ1) is 9.90. The van der Waals surface area contributed by atoms with Gasteiger partial charge in [0.25, 0.3) is 0 Å². The van der Waals surface area contributed by atoms with E-state index in [1.165, 1.54) is 6.92 Å². The van der Waals surface area contributed by atoms with Crippen LogP contribution in [0.2, 0.25) is 0 Å². The van der Waals surface area contributed by atoms with E-state index in [9.17, 15) is 9.18 Å². The molecule has 0 aliphatic carbocycles. The molecule has 70 valence electrons. The van der Waals surface area contributed by atoms with Gasteiger partial charge < -0.3 is 0 Å². The van der Waals surface area contributed by atoms with Crippen molar-refractivity contribution in [1.29, 1.82) is 0 Å². The highest BCUT2D eigenvalue weighted by Gasteiger charge is 2.13. The maximum Gasteiger partial charge on any atom is 0.196 e. The van der Waals surface area contributed by atoms with Crippen molar-refractivity contribution < 1.29 is 9.18 Å². The van der Waals surface area contributed by atoms with Gasteiger partial charge in [0.1, 0.15) is 0 Å². The van der Waals surface area contributed by atoms with Crippen molar-refractivity contribution >= 4 is 5.78 Å². The van der Waals surface area contributed by atoms with E-state index in [0.29, 0.717) is 5.56 Å². The molecule has 1 aromatic rings. The van der Waals surface area contributed by atoms with E-state index in [0.717, 1.165) is 11.1 Å². The molecular weight excluding hydrogens is 167 g/mol. The number of Topliss-reactive ketones (excluding diaryl/α,β-unsaturated/α-hetero) is 1. The summed E-state index contributed by atoms with van der Waals surface area (Å²) in [5.74, 6) is -0.442. The second kappa shape index (κ2) is 3.69. The Bertz CT molecular complexity index is 329. The third-order valence-corrected chi connectivity index (χ3v) is 2.15. The van der Waals surface area contributed by atoms with Crippen LogP contribution in [0.25, 0.3) is 0 Å². The van der Waals surface area contributed by atoms with Crippen molar-refractivity contribution in [1.82, 2.24) is 0 Å². The maximum absolute atomic E-state index is 12.7. The van der Waals surface area contributed by atoms with Crippen LogP contribution in [0.4, 0.5) is 4.39 Å². The highest BCUT2D eigenvalue weighted by molar-refractivity contribution is 5.99. The molecule has 0 heterocycles. The van der Waals surface area contributed by atoms with Crippen molar-refractivity contribution in [2.45, 2.75) is 26.9 Å². The van der Waals surface area contributed by atoms with Gasteiger partial charge >= 0.3 is 0 Å². The second-order valence-electron chi connectivity index (χ2n) is 3.28. The van der Waals surface area contributed by atoms with E-state index in [4.69, 9.17) is 0 Å². The lowest BCUT2D eigenvalue weighted by Gasteiger charge is -2.04. The second-order valence-corrected chi connectivity index (χ2v) is 3.28. The van der Waals surface area contributed by atoms with Crippen molar-refractivity contribution in [3.63, 3.8) is 0 Å². The number of aryl methyl sites for hydroxylation is 2. The minimum Gasteiger partial charge on any atom is -0.291 e. The Morgan fingerprint density at radius 3 is 2.38 bits per heavy atom. The molecule has 0 amide bonds. The van der Waals surface area contributed by atoms with Gasteiger partial charge in [-0.25, -0.2) is 4.39 Å². The summed E-state index contributed by atoms with van der Waals surface area (Å²) in [6, 6.07) is 5.24. The van der Waals surface area contributed by atoms with Crippen LogP contribution in [0.3, 0.4) is 0 Å². The summed E-state index contributed by atoms with van der Waals surface area (Å²) in [6.07, 6.45) is -1.41. The van der Waals surface area contributed by atoms with Gasteiger partial charge in [0, 0.05) is 5.56 Å². The zero-order valence-electron chi connectivity index (χ0n) is 8.10. The smallest absolute Gasteiger partial charge is 0.196 e. The normalized spacial score (nSPS) is 12.6. The Labute approximate surface area is 77.6 Å². The third kappa shape index (κ3) is 2.14. The van der Waals surface area contributed by atoms with E-state index in [-0.39, 0.29) is 0 Å². The summed E-state index contributed by atoms with van der Waals surface area (Å²) >= 11 is 0. The van der Waals surface area contributed by atoms with Crippen LogP contribution in [0.15, 0.2) is 18.2 Å². The number of hydrogen-bond donors (Lipinski definition) is 0. The van der Waals surface area contributed by atoms with Gasteiger partial charge in [0.2, 0.25) is 0 Å². The van der Waals surface area contributed by atoms with Crippen LogP contribution in [-0.4, -0.2) is 12.0 Å². The Kier molecular flexibility index (Phi) is 2.81. The summed E-state index contributed by atoms with van der Waals surface area (Å²) in [7, 11) is 0. The zero-order chi connectivity index (χ0) is 10.0. The topological polar surface area (TPSA) is 17.1 Å². The number of ketones is 1. The fourth-order valence-corrected chi connectivity index (χ4v) is 1.12. The van der Waals surface area contributed by atoms with E-state index >= 15 is 0 Å². The Morgan fingerprint density at radius 1 is 1.31 bits per heavy atom.